The average molecular weight is 205 g/mol. The summed E-state index contributed by atoms with van der Waals surface area (Å²) < 4.78 is 10.1. The number of hydrogen-bond acceptors (Lipinski definition) is 3. The number of allylic oxidation sites excluding steroid dienone is 1. The van der Waals surface area contributed by atoms with Gasteiger partial charge in [-0.1, -0.05) is 0 Å². The monoisotopic (exact) mass is 204 g/mol. The zero-order valence-electron chi connectivity index (χ0n) is 7.59. The van der Waals surface area contributed by atoms with Gasteiger partial charge < -0.3 is 9.47 Å². The van der Waals surface area contributed by atoms with Crippen LogP contribution in [-0.2, 0) is 14.3 Å². The number of halogens is 1. The minimum Gasteiger partial charge on any atom is -0.493 e. The summed E-state index contributed by atoms with van der Waals surface area (Å²) in [6, 6.07) is 0. The van der Waals surface area contributed by atoms with Crippen LogP contribution in [0.25, 0.3) is 0 Å². The normalized spacial score (nSPS) is 24.8. The summed E-state index contributed by atoms with van der Waals surface area (Å²) in [4.78, 5) is 11.1. The van der Waals surface area contributed by atoms with Gasteiger partial charge >= 0.3 is 0 Å². The van der Waals surface area contributed by atoms with Crippen LogP contribution in [0.4, 0.5) is 0 Å². The van der Waals surface area contributed by atoms with E-state index < -0.39 is 0 Å². The Morgan fingerprint density at radius 1 is 1.85 bits per heavy atom. The van der Waals surface area contributed by atoms with E-state index in [1.165, 1.54) is 13.2 Å². The Morgan fingerprint density at radius 2 is 2.62 bits per heavy atom. The minimum atomic E-state index is -0.0623. The molecule has 1 heterocycles. The second-order valence-electron chi connectivity index (χ2n) is 2.94. The quantitative estimate of drug-likeness (QED) is 0.514. The molecule has 0 spiro atoms. The van der Waals surface area contributed by atoms with Gasteiger partial charge in [0.2, 0.25) is 0 Å². The first-order valence-corrected chi connectivity index (χ1v) is 4.74. The molecule has 0 aromatic carbocycles. The van der Waals surface area contributed by atoms with Crippen molar-refractivity contribution in [2.75, 3.05) is 19.6 Å². The number of methoxy groups -OCH3 is 1. The van der Waals surface area contributed by atoms with Crippen LogP contribution in [0, 0.1) is 0 Å². The second-order valence-corrected chi connectivity index (χ2v) is 3.25. The fourth-order valence-electron chi connectivity index (χ4n) is 1.21. The van der Waals surface area contributed by atoms with E-state index in [0.29, 0.717) is 5.88 Å². The van der Waals surface area contributed by atoms with Crippen molar-refractivity contribution in [3.05, 3.63) is 11.8 Å². The first-order chi connectivity index (χ1) is 6.26. The van der Waals surface area contributed by atoms with Crippen molar-refractivity contribution < 1.29 is 14.3 Å². The highest BCUT2D eigenvalue weighted by molar-refractivity contribution is 6.18. The van der Waals surface area contributed by atoms with Crippen molar-refractivity contribution in [2.24, 2.45) is 0 Å². The summed E-state index contributed by atoms with van der Waals surface area (Å²) >= 11 is 5.61. The van der Waals surface area contributed by atoms with E-state index in [1.807, 2.05) is 0 Å². The van der Waals surface area contributed by atoms with E-state index in [2.05, 4.69) is 0 Å². The number of carbonyl (C=O) groups is 1. The Balaban J connectivity index is 2.40. The SMILES string of the molecule is COCC(=O)/C=C1/CC[C@H](CCl)O1. The molecule has 0 aromatic heterocycles. The van der Waals surface area contributed by atoms with Gasteiger partial charge in [0.15, 0.2) is 5.78 Å². The molecule has 0 unspecified atom stereocenters. The highest BCUT2D eigenvalue weighted by atomic mass is 35.5. The van der Waals surface area contributed by atoms with Crippen molar-refractivity contribution in [2.45, 2.75) is 18.9 Å². The molecule has 0 amide bonds. The number of carbonyl (C=O) groups excluding carboxylic acids is 1. The third-order valence-corrected chi connectivity index (χ3v) is 2.16. The molecule has 0 aromatic rings. The zero-order chi connectivity index (χ0) is 9.68. The molecule has 1 saturated heterocycles. The molecule has 1 atom stereocenters. The van der Waals surface area contributed by atoms with E-state index in [9.17, 15) is 4.79 Å². The van der Waals surface area contributed by atoms with Crippen LogP contribution < -0.4 is 0 Å². The van der Waals surface area contributed by atoms with E-state index in [1.54, 1.807) is 0 Å². The molecule has 4 heteroatoms. The van der Waals surface area contributed by atoms with Crippen LogP contribution in [0.5, 0.6) is 0 Å². The molecule has 1 rings (SSSR count). The van der Waals surface area contributed by atoms with Crippen molar-refractivity contribution in [3.63, 3.8) is 0 Å². The maximum absolute atomic E-state index is 11.1. The molecule has 0 radical (unpaired) electrons. The lowest BCUT2D eigenvalue weighted by Crippen LogP contribution is -2.06. The first kappa shape index (κ1) is 10.5. The lowest BCUT2D eigenvalue weighted by atomic mass is 10.2. The van der Waals surface area contributed by atoms with Crippen molar-refractivity contribution in [1.82, 2.24) is 0 Å². The standard InChI is InChI=1S/C9H13ClO3/c1-12-6-7(11)4-8-2-3-9(5-10)13-8/h4,9H,2-3,5-6H2,1H3/b8-4-/t9-/m1/s1. The van der Waals surface area contributed by atoms with Gasteiger partial charge in [-0.05, 0) is 6.42 Å². The van der Waals surface area contributed by atoms with Crippen LogP contribution in [0.2, 0.25) is 0 Å². The van der Waals surface area contributed by atoms with E-state index in [4.69, 9.17) is 21.1 Å². The molecule has 0 bridgehead atoms. The van der Waals surface area contributed by atoms with Crippen LogP contribution in [0.15, 0.2) is 11.8 Å². The number of rotatable bonds is 4. The molecule has 3 nitrogen and oxygen atoms in total. The molecule has 1 aliphatic heterocycles. The molecule has 74 valence electrons. The largest absolute Gasteiger partial charge is 0.493 e. The molecule has 0 saturated carbocycles. The van der Waals surface area contributed by atoms with Crippen LogP contribution in [0.3, 0.4) is 0 Å². The summed E-state index contributed by atoms with van der Waals surface area (Å²) in [6.45, 7) is 0.110. The Labute approximate surface area is 82.7 Å². The first-order valence-electron chi connectivity index (χ1n) is 4.21. The zero-order valence-corrected chi connectivity index (χ0v) is 8.34. The average Bonchev–Trinajstić information content (AvgIpc) is 2.52. The van der Waals surface area contributed by atoms with Crippen molar-refractivity contribution in [1.29, 1.82) is 0 Å². The third kappa shape index (κ3) is 3.36. The van der Waals surface area contributed by atoms with Crippen molar-refractivity contribution >= 4 is 17.4 Å². The van der Waals surface area contributed by atoms with Gasteiger partial charge in [-0.2, -0.15) is 0 Å². The third-order valence-electron chi connectivity index (χ3n) is 1.81. The fourth-order valence-corrected chi connectivity index (χ4v) is 1.43. The van der Waals surface area contributed by atoms with Gasteiger partial charge in [0.1, 0.15) is 18.5 Å². The Bertz CT molecular complexity index is 213. The van der Waals surface area contributed by atoms with Gasteiger partial charge in [0.05, 0.1) is 5.88 Å². The summed E-state index contributed by atoms with van der Waals surface area (Å²) in [7, 11) is 1.49. The molecule has 0 aliphatic carbocycles. The number of hydrogen-bond donors (Lipinski definition) is 0. The summed E-state index contributed by atoms with van der Waals surface area (Å²) in [5, 5.41) is 0. The van der Waals surface area contributed by atoms with Gasteiger partial charge in [0.25, 0.3) is 0 Å². The summed E-state index contributed by atoms with van der Waals surface area (Å²) in [6.07, 6.45) is 3.27. The summed E-state index contributed by atoms with van der Waals surface area (Å²) in [5.74, 6) is 1.15. The fraction of sp³-hybridized carbons (Fsp3) is 0.667. The number of ether oxygens (including phenoxy) is 2. The highest BCUT2D eigenvalue weighted by Crippen LogP contribution is 2.23. The Morgan fingerprint density at radius 3 is 3.15 bits per heavy atom. The van der Waals surface area contributed by atoms with E-state index in [-0.39, 0.29) is 18.5 Å². The van der Waals surface area contributed by atoms with E-state index in [0.717, 1.165) is 18.6 Å². The Hall–Kier alpha value is -0.540. The molecular formula is C9H13ClO3. The van der Waals surface area contributed by atoms with Crippen LogP contribution >= 0.6 is 11.6 Å². The van der Waals surface area contributed by atoms with Gasteiger partial charge in [0, 0.05) is 19.6 Å². The number of alkyl halides is 1. The topological polar surface area (TPSA) is 35.5 Å². The minimum absolute atomic E-state index is 0.0623. The second kappa shape index (κ2) is 5.25. The highest BCUT2D eigenvalue weighted by Gasteiger charge is 2.19. The lowest BCUT2D eigenvalue weighted by molar-refractivity contribution is -0.118. The van der Waals surface area contributed by atoms with E-state index >= 15 is 0 Å². The molecule has 1 aliphatic rings. The Kier molecular flexibility index (Phi) is 4.25. The summed E-state index contributed by atoms with van der Waals surface area (Å²) in [5.41, 5.74) is 0. The smallest absolute Gasteiger partial charge is 0.184 e. The van der Waals surface area contributed by atoms with Crippen LogP contribution in [-0.4, -0.2) is 31.5 Å². The maximum Gasteiger partial charge on any atom is 0.184 e. The van der Waals surface area contributed by atoms with Crippen LogP contribution in [0.1, 0.15) is 12.8 Å². The lowest BCUT2D eigenvalue weighted by Gasteiger charge is -2.05. The molecule has 0 N–H and O–H groups in total. The number of ketones is 1. The molecule has 1 fully saturated rings. The van der Waals surface area contributed by atoms with Gasteiger partial charge in [-0.15, -0.1) is 11.6 Å². The maximum atomic E-state index is 11.1. The van der Waals surface area contributed by atoms with Crippen molar-refractivity contribution in [3.8, 4) is 0 Å². The predicted octanol–water partition coefficient (Wildman–Crippen LogP) is 1.50. The van der Waals surface area contributed by atoms with Gasteiger partial charge in [-0.3, -0.25) is 4.79 Å². The molecule has 13 heavy (non-hydrogen) atoms. The van der Waals surface area contributed by atoms with Gasteiger partial charge in [-0.25, -0.2) is 0 Å². The predicted molar refractivity (Wildman–Crippen MR) is 49.8 cm³/mol. The molecular weight excluding hydrogens is 192 g/mol.